The van der Waals surface area contributed by atoms with Gasteiger partial charge in [0.25, 0.3) is 0 Å². The van der Waals surface area contributed by atoms with Gasteiger partial charge in [0.2, 0.25) is 5.17 Å². The van der Waals surface area contributed by atoms with Gasteiger partial charge in [0.1, 0.15) is 6.04 Å². The monoisotopic (exact) mass is 400 g/mol. The Labute approximate surface area is 151 Å². The van der Waals surface area contributed by atoms with Crippen molar-refractivity contribution in [2.24, 2.45) is 15.2 Å². The van der Waals surface area contributed by atoms with E-state index in [1.807, 2.05) is 48.5 Å². The number of halogens is 1. The van der Waals surface area contributed by atoms with Crippen molar-refractivity contribution in [1.82, 2.24) is 0 Å². The van der Waals surface area contributed by atoms with Crippen molar-refractivity contribution < 1.29 is 4.79 Å². The van der Waals surface area contributed by atoms with E-state index in [2.05, 4.69) is 36.5 Å². The summed E-state index contributed by atoms with van der Waals surface area (Å²) in [6.45, 7) is 0. The molecule has 24 heavy (non-hydrogen) atoms. The summed E-state index contributed by atoms with van der Waals surface area (Å²) in [5, 5.41) is 12.4. The number of hydrogen-bond acceptors (Lipinski definition) is 6. The number of nitrogens with zero attached hydrogens (tertiary/aromatic N) is 3. The molecule has 0 aromatic heterocycles. The summed E-state index contributed by atoms with van der Waals surface area (Å²) >= 11 is 4.68. The zero-order chi connectivity index (χ0) is 16.5. The van der Waals surface area contributed by atoms with Crippen LogP contribution in [-0.4, -0.2) is 22.9 Å². The third-order valence-electron chi connectivity index (χ3n) is 3.90. The number of ketones is 1. The lowest BCUT2D eigenvalue weighted by Gasteiger charge is -2.16. The maximum absolute atomic E-state index is 12.2. The van der Waals surface area contributed by atoms with Gasteiger partial charge in [-0.2, -0.15) is 5.11 Å². The molecule has 0 unspecified atom stereocenters. The van der Waals surface area contributed by atoms with Crippen molar-refractivity contribution in [3.8, 4) is 0 Å². The summed E-state index contributed by atoms with van der Waals surface area (Å²) in [7, 11) is 0. The van der Waals surface area contributed by atoms with Gasteiger partial charge in [0.15, 0.2) is 11.9 Å². The van der Waals surface area contributed by atoms with Crippen molar-refractivity contribution in [2.75, 3.05) is 11.1 Å². The largest absolute Gasteiger partial charge is 0.361 e. The molecule has 1 N–H and O–H groups in total. The molecule has 0 spiro atoms. The highest BCUT2D eigenvalue weighted by atomic mass is 79.9. The standard InChI is InChI=1S/C17H13BrN4OS/c18-11-7-5-10(6-8-11)14(23)9-24-17-20-16-15(21-22-17)12-3-1-2-4-13(12)19-16/h1-8,15-16,19H,9H2/t15-,16-/m0/s1. The third-order valence-corrected chi connectivity index (χ3v) is 5.28. The number of nitrogens with one attached hydrogen (secondary N) is 1. The van der Waals surface area contributed by atoms with Gasteiger partial charge in [-0.05, 0) is 18.2 Å². The van der Waals surface area contributed by atoms with Crippen LogP contribution < -0.4 is 5.32 Å². The van der Waals surface area contributed by atoms with E-state index in [-0.39, 0.29) is 18.0 Å². The minimum atomic E-state index is -0.134. The lowest BCUT2D eigenvalue weighted by molar-refractivity contribution is 0.102. The Bertz CT molecular complexity index is 850. The van der Waals surface area contributed by atoms with Crippen molar-refractivity contribution >= 4 is 44.3 Å². The van der Waals surface area contributed by atoms with E-state index in [1.165, 1.54) is 11.8 Å². The maximum atomic E-state index is 12.2. The topological polar surface area (TPSA) is 66.2 Å². The first-order valence-electron chi connectivity index (χ1n) is 7.46. The van der Waals surface area contributed by atoms with Gasteiger partial charge < -0.3 is 5.32 Å². The Morgan fingerprint density at radius 3 is 2.79 bits per heavy atom. The number of azo groups is 1. The smallest absolute Gasteiger partial charge is 0.206 e. The minimum Gasteiger partial charge on any atom is -0.361 e. The molecule has 2 aliphatic heterocycles. The lowest BCUT2D eigenvalue weighted by atomic mass is 10.1. The van der Waals surface area contributed by atoms with Crippen molar-refractivity contribution in [3.63, 3.8) is 0 Å². The van der Waals surface area contributed by atoms with Crippen LogP contribution in [0.4, 0.5) is 5.69 Å². The van der Waals surface area contributed by atoms with Crippen LogP contribution in [0.15, 0.2) is 68.2 Å². The molecule has 2 aromatic rings. The summed E-state index contributed by atoms with van der Waals surface area (Å²) in [6, 6.07) is 15.3. The average Bonchev–Trinajstić information content (AvgIpc) is 2.98. The molecule has 2 aromatic carbocycles. The summed E-state index contributed by atoms with van der Waals surface area (Å²) in [4.78, 5) is 16.8. The molecule has 0 aliphatic carbocycles. The summed E-state index contributed by atoms with van der Waals surface area (Å²) in [5.41, 5.74) is 2.85. The predicted octanol–water partition coefficient (Wildman–Crippen LogP) is 4.68. The van der Waals surface area contributed by atoms with Crippen molar-refractivity contribution in [3.05, 3.63) is 64.1 Å². The first-order chi connectivity index (χ1) is 11.7. The number of benzene rings is 2. The maximum Gasteiger partial charge on any atom is 0.206 e. The number of hydrogen-bond donors (Lipinski definition) is 1. The highest BCUT2D eigenvalue weighted by molar-refractivity contribution is 9.10. The van der Waals surface area contributed by atoms with Gasteiger partial charge in [-0.15, -0.1) is 5.11 Å². The Balaban J connectivity index is 1.42. The predicted molar refractivity (Wildman–Crippen MR) is 99.8 cm³/mol. The van der Waals surface area contributed by atoms with Crippen LogP contribution in [0.3, 0.4) is 0 Å². The molecule has 120 valence electrons. The molecule has 0 saturated heterocycles. The summed E-state index contributed by atoms with van der Waals surface area (Å²) in [5.74, 6) is 0.347. The summed E-state index contributed by atoms with van der Waals surface area (Å²) < 4.78 is 0.954. The third kappa shape index (κ3) is 3.01. The second kappa shape index (κ2) is 6.49. The van der Waals surface area contributed by atoms with Crippen LogP contribution in [-0.2, 0) is 0 Å². The number of para-hydroxylation sites is 1. The van der Waals surface area contributed by atoms with Crippen LogP contribution >= 0.6 is 27.7 Å². The SMILES string of the molecule is O=C(CSC1=N[C@@H]2Nc3ccccc3[C@@H]2N=N1)c1ccc(Br)cc1. The second-order valence-corrected chi connectivity index (χ2v) is 7.33. The van der Waals surface area contributed by atoms with E-state index in [1.54, 1.807) is 0 Å². The molecular formula is C17H13BrN4OS. The number of Topliss-reactive ketones (excluding diaryl/α,β-unsaturated/α-hetero) is 1. The van der Waals surface area contributed by atoms with E-state index < -0.39 is 0 Å². The molecule has 2 aliphatic rings. The zero-order valence-electron chi connectivity index (χ0n) is 12.5. The quantitative estimate of drug-likeness (QED) is 0.760. The van der Waals surface area contributed by atoms with Crippen LogP contribution in [0.2, 0.25) is 0 Å². The number of thioether (sulfide) groups is 1. The van der Waals surface area contributed by atoms with Gasteiger partial charge in [-0.3, -0.25) is 4.79 Å². The Hall–Kier alpha value is -1.99. The fraction of sp³-hybridized carbons (Fsp3) is 0.176. The van der Waals surface area contributed by atoms with E-state index in [4.69, 9.17) is 0 Å². The van der Waals surface area contributed by atoms with Crippen LogP contribution in [0.5, 0.6) is 0 Å². The normalized spacial score (nSPS) is 20.8. The molecule has 0 amide bonds. The van der Waals surface area contributed by atoms with E-state index in [9.17, 15) is 4.79 Å². The number of anilines is 1. The molecule has 0 radical (unpaired) electrons. The van der Waals surface area contributed by atoms with Gasteiger partial charge in [-0.25, -0.2) is 4.99 Å². The molecule has 0 fully saturated rings. The number of aliphatic imine (C=N–C) groups is 1. The van der Waals surface area contributed by atoms with Gasteiger partial charge in [0.05, 0.1) is 5.75 Å². The molecule has 0 saturated carbocycles. The fourth-order valence-electron chi connectivity index (χ4n) is 2.69. The van der Waals surface area contributed by atoms with Gasteiger partial charge in [0, 0.05) is 21.3 Å². The van der Waals surface area contributed by atoms with Crippen LogP contribution in [0.25, 0.3) is 0 Å². The van der Waals surface area contributed by atoms with Crippen LogP contribution in [0, 0.1) is 0 Å². The van der Waals surface area contributed by atoms with Gasteiger partial charge >= 0.3 is 0 Å². The molecule has 5 nitrogen and oxygen atoms in total. The van der Waals surface area contributed by atoms with E-state index in [0.717, 1.165) is 15.7 Å². The fourth-order valence-corrected chi connectivity index (χ4v) is 3.68. The number of carbonyl (C=O) groups excluding carboxylic acids is 1. The lowest BCUT2D eigenvalue weighted by Crippen LogP contribution is -2.21. The molecule has 0 bridgehead atoms. The molecule has 7 heteroatoms. The highest BCUT2D eigenvalue weighted by Crippen LogP contribution is 2.39. The summed E-state index contributed by atoms with van der Waals surface area (Å²) in [6.07, 6.45) is -0.134. The van der Waals surface area contributed by atoms with Crippen molar-refractivity contribution in [2.45, 2.75) is 12.2 Å². The zero-order valence-corrected chi connectivity index (χ0v) is 14.9. The molecular weight excluding hydrogens is 388 g/mol. The van der Waals surface area contributed by atoms with Crippen LogP contribution in [0.1, 0.15) is 22.0 Å². The van der Waals surface area contributed by atoms with E-state index >= 15 is 0 Å². The Morgan fingerprint density at radius 2 is 1.96 bits per heavy atom. The van der Waals surface area contributed by atoms with Crippen molar-refractivity contribution in [1.29, 1.82) is 0 Å². The first-order valence-corrected chi connectivity index (χ1v) is 9.24. The Kier molecular flexibility index (Phi) is 4.20. The Morgan fingerprint density at radius 1 is 1.17 bits per heavy atom. The second-order valence-electron chi connectivity index (χ2n) is 5.47. The number of carbonyl (C=O) groups is 1. The number of amidine groups is 1. The number of rotatable bonds is 3. The highest BCUT2D eigenvalue weighted by Gasteiger charge is 2.34. The average molecular weight is 401 g/mol. The van der Waals surface area contributed by atoms with Gasteiger partial charge in [-0.1, -0.05) is 58.0 Å². The first kappa shape index (κ1) is 15.5. The van der Waals surface area contributed by atoms with E-state index in [0.29, 0.717) is 16.5 Å². The molecule has 4 rings (SSSR count). The molecule has 2 heterocycles. The number of fused-ring (bicyclic) bond motifs is 3. The molecule has 2 atom stereocenters. The minimum absolute atomic E-state index is 0.0511.